The second kappa shape index (κ2) is 16.2. The molecule has 0 spiro atoms. The number of hydrogen-bond acceptors (Lipinski definition) is 4. The molecule has 48 heavy (non-hydrogen) atoms. The van der Waals surface area contributed by atoms with E-state index < -0.39 is 28.5 Å². The smallest absolute Gasteiger partial charge is 0.264 e. The van der Waals surface area contributed by atoms with Crippen LogP contribution in [0.2, 0.25) is 15.1 Å². The Morgan fingerprint density at radius 3 is 2.12 bits per heavy atom. The number of nitrogens with one attached hydrogen (secondary N) is 1. The Balaban J connectivity index is 1.57. The molecule has 252 valence electrons. The fourth-order valence-electron chi connectivity index (χ4n) is 5.91. The highest BCUT2D eigenvalue weighted by molar-refractivity contribution is 7.92. The van der Waals surface area contributed by atoms with Crippen LogP contribution in [0.25, 0.3) is 0 Å². The molecule has 0 aliphatic heterocycles. The largest absolute Gasteiger partial charge is 0.352 e. The molecule has 0 radical (unpaired) electrons. The lowest BCUT2D eigenvalue weighted by molar-refractivity contribution is -0.140. The van der Waals surface area contributed by atoms with Gasteiger partial charge in [0.1, 0.15) is 12.6 Å². The van der Waals surface area contributed by atoms with Gasteiger partial charge < -0.3 is 10.2 Å². The molecular weight excluding hydrogens is 689 g/mol. The van der Waals surface area contributed by atoms with Crippen molar-refractivity contribution >= 4 is 62.3 Å². The molecule has 1 unspecified atom stereocenters. The zero-order valence-electron chi connectivity index (χ0n) is 26.6. The Morgan fingerprint density at radius 1 is 0.833 bits per heavy atom. The molecule has 11 heteroatoms. The minimum Gasteiger partial charge on any atom is -0.352 e. The van der Waals surface area contributed by atoms with Crippen LogP contribution in [-0.2, 0) is 32.6 Å². The number of aryl methyl sites for hydroxylation is 1. The average molecular weight is 727 g/mol. The van der Waals surface area contributed by atoms with Crippen molar-refractivity contribution < 1.29 is 18.0 Å². The zero-order valence-corrected chi connectivity index (χ0v) is 29.7. The van der Waals surface area contributed by atoms with Gasteiger partial charge in [-0.15, -0.1) is 0 Å². The van der Waals surface area contributed by atoms with Crippen molar-refractivity contribution in [2.75, 3.05) is 10.8 Å². The minimum atomic E-state index is -4.24. The number of carbonyl (C=O) groups excluding carboxylic acids is 2. The third-order valence-electron chi connectivity index (χ3n) is 8.58. The van der Waals surface area contributed by atoms with E-state index in [1.165, 1.54) is 29.2 Å². The van der Waals surface area contributed by atoms with Crippen molar-refractivity contribution in [2.45, 2.75) is 69.0 Å². The fraction of sp³-hybridized carbons (Fsp3) is 0.297. The summed E-state index contributed by atoms with van der Waals surface area (Å²) in [4.78, 5) is 30.3. The van der Waals surface area contributed by atoms with Gasteiger partial charge in [0.25, 0.3) is 10.0 Å². The van der Waals surface area contributed by atoms with Gasteiger partial charge in [0.2, 0.25) is 11.8 Å². The van der Waals surface area contributed by atoms with Crippen LogP contribution < -0.4 is 9.62 Å². The molecule has 0 saturated heterocycles. The predicted molar refractivity (Wildman–Crippen MR) is 193 cm³/mol. The second-order valence-corrected chi connectivity index (χ2v) is 15.2. The maximum absolute atomic E-state index is 14.7. The number of anilines is 1. The molecule has 5 rings (SSSR count). The molecule has 4 aromatic rings. The standard InChI is InChI=1S/C37H38Cl3N3O4S/c1-26-12-18-32(19-13-26)43(48(46,47)33-20-16-29(38)17-21-33)25-36(44)42(24-28-14-15-30(39)23-34(28)40)35(22-27-8-4-2-5-9-27)37(45)41-31-10-6-3-7-11-31/h2,4-5,8-9,12-21,23,31,35H,3,6-7,10-11,22,24-25H2,1H3,(H,41,45). The van der Waals surface area contributed by atoms with Crippen molar-refractivity contribution in [1.82, 2.24) is 10.2 Å². The van der Waals surface area contributed by atoms with Gasteiger partial charge in [0.15, 0.2) is 0 Å². The Bertz CT molecular complexity index is 1820. The lowest BCUT2D eigenvalue weighted by atomic mass is 9.94. The van der Waals surface area contributed by atoms with Gasteiger partial charge in [-0.05, 0) is 79.4 Å². The first-order chi connectivity index (χ1) is 23.0. The van der Waals surface area contributed by atoms with Gasteiger partial charge in [0.05, 0.1) is 10.6 Å². The summed E-state index contributed by atoms with van der Waals surface area (Å²) in [5.74, 6) is -0.870. The third kappa shape index (κ3) is 9.11. The third-order valence-corrected chi connectivity index (χ3v) is 11.2. The predicted octanol–water partition coefficient (Wildman–Crippen LogP) is 8.24. The molecule has 1 fully saturated rings. The number of halogens is 3. The molecule has 0 aromatic heterocycles. The molecule has 7 nitrogen and oxygen atoms in total. The van der Waals surface area contributed by atoms with E-state index in [1.54, 1.807) is 42.5 Å². The summed E-state index contributed by atoms with van der Waals surface area (Å²) in [5.41, 5.74) is 2.65. The summed E-state index contributed by atoms with van der Waals surface area (Å²) in [5, 5.41) is 4.34. The molecule has 1 atom stereocenters. The number of nitrogens with zero attached hydrogens (tertiary/aromatic N) is 2. The molecule has 0 bridgehead atoms. The van der Waals surface area contributed by atoms with E-state index in [2.05, 4.69) is 5.32 Å². The zero-order chi connectivity index (χ0) is 34.3. The van der Waals surface area contributed by atoms with Crippen LogP contribution in [0.1, 0.15) is 48.8 Å². The number of sulfonamides is 1. The van der Waals surface area contributed by atoms with Crippen LogP contribution in [0, 0.1) is 6.92 Å². The topological polar surface area (TPSA) is 86.8 Å². The van der Waals surface area contributed by atoms with E-state index in [0.717, 1.165) is 47.5 Å². The van der Waals surface area contributed by atoms with Crippen molar-refractivity contribution in [3.05, 3.63) is 129 Å². The number of rotatable bonds is 12. The van der Waals surface area contributed by atoms with E-state index in [4.69, 9.17) is 34.8 Å². The molecule has 2 amide bonds. The van der Waals surface area contributed by atoms with Crippen LogP contribution >= 0.6 is 34.8 Å². The number of benzene rings is 4. The van der Waals surface area contributed by atoms with Gasteiger partial charge in [0, 0.05) is 34.1 Å². The van der Waals surface area contributed by atoms with Gasteiger partial charge in [-0.25, -0.2) is 8.42 Å². The normalized spacial score (nSPS) is 14.2. The molecule has 1 aliphatic rings. The van der Waals surface area contributed by atoms with E-state index in [9.17, 15) is 18.0 Å². The summed E-state index contributed by atoms with van der Waals surface area (Å²) in [6, 6.07) is 26.1. The van der Waals surface area contributed by atoms with Crippen LogP contribution in [0.4, 0.5) is 5.69 Å². The van der Waals surface area contributed by atoms with Gasteiger partial charge >= 0.3 is 0 Å². The highest BCUT2D eigenvalue weighted by atomic mass is 35.5. The summed E-state index contributed by atoms with van der Waals surface area (Å²) >= 11 is 18.9. The first-order valence-electron chi connectivity index (χ1n) is 15.9. The first-order valence-corrected chi connectivity index (χ1v) is 18.5. The number of carbonyl (C=O) groups is 2. The maximum atomic E-state index is 14.7. The molecular formula is C37H38Cl3N3O4S. The SMILES string of the molecule is Cc1ccc(N(CC(=O)N(Cc2ccc(Cl)cc2Cl)C(Cc2ccccc2)C(=O)NC2CCCCC2)S(=O)(=O)c2ccc(Cl)cc2)cc1. The Labute approximate surface area is 297 Å². The summed E-state index contributed by atoms with van der Waals surface area (Å²) in [6.07, 6.45) is 5.10. The van der Waals surface area contributed by atoms with Crippen molar-refractivity contribution in [2.24, 2.45) is 0 Å². The Hall–Kier alpha value is -3.56. The quantitative estimate of drug-likeness (QED) is 0.159. The van der Waals surface area contributed by atoms with Crippen molar-refractivity contribution in [1.29, 1.82) is 0 Å². The maximum Gasteiger partial charge on any atom is 0.264 e. The van der Waals surface area contributed by atoms with E-state index >= 15 is 0 Å². The highest BCUT2D eigenvalue weighted by Gasteiger charge is 2.35. The lowest BCUT2D eigenvalue weighted by Crippen LogP contribution is -2.55. The molecule has 0 heterocycles. The summed E-state index contributed by atoms with van der Waals surface area (Å²) in [7, 11) is -4.24. The number of hydrogen-bond donors (Lipinski definition) is 1. The Kier molecular flexibility index (Phi) is 12.1. The molecule has 1 saturated carbocycles. The second-order valence-electron chi connectivity index (χ2n) is 12.1. The fourth-order valence-corrected chi connectivity index (χ4v) is 7.91. The van der Waals surface area contributed by atoms with Crippen LogP contribution in [0.5, 0.6) is 0 Å². The van der Waals surface area contributed by atoms with Crippen LogP contribution in [-0.4, -0.2) is 43.8 Å². The van der Waals surface area contributed by atoms with Gasteiger partial charge in [-0.3, -0.25) is 13.9 Å². The molecule has 1 aliphatic carbocycles. The van der Waals surface area contributed by atoms with Crippen LogP contribution in [0.3, 0.4) is 0 Å². The minimum absolute atomic E-state index is 0.00469. The van der Waals surface area contributed by atoms with Crippen molar-refractivity contribution in [3.63, 3.8) is 0 Å². The molecule has 4 aromatic carbocycles. The van der Waals surface area contributed by atoms with E-state index in [1.807, 2.05) is 37.3 Å². The van der Waals surface area contributed by atoms with Crippen LogP contribution in [0.15, 0.2) is 102 Å². The summed E-state index contributed by atoms with van der Waals surface area (Å²) < 4.78 is 29.5. The van der Waals surface area contributed by atoms with Gasteiger partial charge in [-0.2, -0.15) is 0 Å². The Morgan fingerprint density at radius 2 is 1.48 bits per heavy atom. The van der Waals surface area contributed by atoms with E-state index in [0.29, 0.717) is 26.3 Å². The monoisotopic (exact) mass is 725 g/mol. The van der Waals surface area contributed by atoms with Gasteiger partial charge in [-0.1, -0.05) is 108 Å². The number of amides is 2. The van der Waals surface area contributed by atoms with Crippen molar-refractivity contribution in [3.8, 4) is 0 Å². The highest BCUT2D eigenvalue weighted by Crippen LogP contribution is 2.28. The summed E-state index contributed by atoms with van der Waals surface area (Å²) in [6.45, 7) is 1.28. The average Bonchev–Trinajstić information content (AvgIpc) is 3.07. The first kappa shape index (κ1) is 35.7. The molecule has 1 N–H and O–H groups in total. The van der Waals surface area contributed by atoms with E-state index in [-0.39, 0.29) is 29.8 Å². The lowest BCUT2D eigenvalue weighted by Gasteiger charge is -2.35.